The molecule has 2 heterocycles. The predicted octanol–water partition coefficient (Wildman–Crippen LogP) is 3.20. The van der Waals surface area contributed by atoms with Crippen LogP contribution < -0.4 is 16.2 Å². The Balaban J connectivity index is 1.58. The average Bonchev–Trinajstić information content (AvgIpc) is 3.07. The van der Waals surface area contributed by atoms with Crippen LogP contribution >= 0.6 is 39.0 Å². The van der Waals surface area contributed by atoms with Crippen molar-refractivity contribution >= 4 is 66.9 Å². The van der Waals surface area contributed by atoms with Gasteiger partial charge in [0.05, 0.1) is 11.1 Å². The van der Waals surface area contributed by atoms with E-state index in [4.69, 9.17) is 0 Å². The van der Waals surface area contributed by atoms with Crippen molar-refractivity contribution in [1.29, 1.82) is 0 Å². The van der Waals surface area contributed by atoms with Crippen molar-refractivity contribution in [3.8, 4) is 0 Å². The number of hydrogen-bond acceptors (Lipinski definition) is 6. The fourth-order valence-electron chi connectivity index (χ4n) is 2.10. The Morgan fingerprint density at radius 1 is 1.27 bits per heavy atom. The van der Waals surface area contributed by atoms with E-state index in [0.29, 0.717) is 21.1 Å². The van der Waals surface area contributed by atoms with E-state index in [2.05, 4.69) is 31.5 Å². The molecule has 0 atom stereocenters. The zero-order valence-electron chi connectivity index (χ0n) is 13.5. The summed E-state index contributed by atoms with van der Waals surface area (Å²) in [5.74, 6) is -0.518. The maximum absolute atomic E-state index is 12.2. The zero-order chi connectivity index (χ0) is 18.7. The van der Waals surface area contributed by atoms with Gasteiger partial charge in [0.25, 0.3) is 5.56 Å². The molecule has 26 heavy (non-hydrogen) atoms. The van der Waals surface area contributed by atoms with Crippen LogP contribution in [0, 0.1) is 0 Å². The van der Waals surface area contributed by atoms with Crippen LogP contribution in [0.1, 0.15) is 0 Å². The smallest absolute Gasteiger partial charge is 0.308 e. The van der Waals surface area contributed by atoms with Crippen LogP contribution in [-0.4, -0.2) is 27.2 Å². The van der Waals surface area contributed by atoms with Crippen molar-refractivity contribution in [2.75, 3.05) is 11.1 Å². The predicted molar refractivity (Wildman–Crippen MR) is 107 cm³/mol. The van der Waals surface area contributed by atoms with Gasteiger partial charge in [-0.25, -0.2) is 9.78 Å². The molecule has 0 saturated heterocycles. The van der Waals surface area contributed by atoms with Crippen LogP contribution in [0.25, 0.3) is 10.2 Å². The highest BCUT2D eigenvalue weighted by Crippen LogP contribution is 2.20. The number of rotatable bonds is 4. The van der Waals surface area contributed by atoms with E-state index >= 15 is 0 Å². The van der Waals surface area contributed by atoms with Gasteiger partial charge in [-0.3, -0.25) is 19.5 Å². The molecule has 134 valence electrons. The topological polar surface area (TPSA) is 93.1 Å². The van der Waals surface area contributed by atoms with Gasteiger partial charge in [-0.15, -0.1) is 11.3 Å². The molecule has 0 bridgehead atoms. The van der Waals surface area contributed by atoms with Gasteiger partial charge in [-0.05, 0) is 35.7 Å². The Bertz CT molecular complexity index is 1030. The molecule has 1 aromatic carbocycles. The fourth-order valence-corrected chi connectivity index (χ4v) is 3.94. The Hall–Kier alpha value is -2.17. The van der Waals surface area contributed by atoms with E-state index in [-0.39, 0.29) is 11.3 Å². The van der Waals surface area contributed by atoms with E-state index in [1.807, 2.05) is 0 Å². The standard InChI is InChI=1S/C16H13BrN4O3S2/c1-21-14(23)11-6-7-25-13(11)20-16(21)26-8-12(22)19-15(24)18-10-4-2-9(17)3-5-10/h2-7H,8H2,1H3,(H2,18,19,22,24). The lowest BCUT2D eigenvalue weighted by Gasteiger charge is -2.08. The average molecular weight is 453 g/mol. The number of imide groups is 1. The Kier molecular flexibility index (Phi) is 5.74. The van der Waals surface area contributed by atoms with E-state index in [1.165, 1.54) is 15.9 Å². The number of amides is 3. The van der Waals surface area contributed by atoms with E-state index in [9.17, 15) is 14.4 Å². The van der Waals surface area contributed by atoms with Crippen LogP contribution in [0.15, 0.2) is 50.1 Å². The molecule has 0 aliphatic heterocycles. The van der Waals surface area contributed by atoms with Gasteiger partial charge in [0.15, 0.2) is 5.16 Å². The van der Waals surface area contributed by atoms with Crippen LogP contribution in [0.2, 0.25) is 0 Å². The molecule has 3 rings (SSSR count). The van der Waals surface area contributed by atoms with Crippen molar-refractivity contribution in [2.45, 2.75) is 5.16 Å². The Morgan fingerprint density at radius 3 is 2.73 bits per heavy atom. The Morgan fingerprint density at radius 2 is 2.00 bits per heavy atom. The second-order valence-corrected chi connectivity index (χ2v) is 7.95. The van der Waals surface area contributed by atoms with Gasteiger partial charge >= 0.3 is 6.03 Å². The molecular weight excluding hydrogens is 440 g/mol. The molecule has 0 saturated carbocycles. The summed E-state index contributed by atoms with van der Waals surface area (Å²) in [5.41, 5.74) is 0.408. The normalized spacial score (nSPS) is 10.7. The van der Waals surface area contributed by atoms with Crippen LogP contribution in [-0.2, 0) is 11.8 Å². The summed E-state index contributed by atoms with van der Waals surface area (Å²) >= 11 is 5.77. The van der Waals surface area contributed by atoms with Gasteiger partial charge < -0.3 is 5.32 Å². The summed E-state index contributed by atoms with van der Waals surface area (Å²) in [7, 11) is 1.60. The fraction of sp³-hybridized carbons (Fsp3) is 0.125. The number of nitrogens with one attached hydrogen (secondary N) is 2. The minimum absolute atomic E-state index is 0.0368. The first-order valence-electron chi connectivity index (χ1n) is 7.37. The maximum Gasteiger partial charge on any atom is 0.325 e. The second kappa shape index (κ2) is 8.02. The minimum atomic E-state index is -0.617. The van der Waals surface area contributed by atoms with Gasteiger partial charge in [0, 0.05) is 17.2 Å². The number of fused-ring (bicyclic) bond motifs is 1. The zero-order valence-corrected chi connectivity index (χ0v) is 16.7. The number of aromatic nitrogens is 2. The number of carbonyl (C=O) groups excluding carboxylic acids is 2. The SMILES string of the molecule is Cn1c(SCC(=O)NC(=O)Nc2ccc(Br)cc2)nc2sccc2c1=O. The third kappa shape index (κ3) is 4.32. The maximum atomic E-state index is 12.2. The molecule has 0 fully saturated rings. The number of carbonyl (C=O) groups is 2. The van der Waals surface area contributed by atoms with E-state index < -0.39 is 11.9 Å². The summed E-state index contributed by atoms with van der Waals surface area (Å²) in [4.78, 5) is 41.0. The first kappa shape index (κ1) is 18.6. The number of benzene rings is 1. The molecule has 2 N–H and O–H groups in total. The van der Waals surface area contributed by atoms with Crippen LogP contribution in [0.4, 0.5) is 10.5 Å². The number of hydrogen-bond donors (Lipinski definition) is 2. The number of nitrogens with zero attached hydrogens (tertiary/aromatic N) is 2. The lowest BCUT2D eigenvalue weighted by Crippen LogP contribution is -2.35. The monoisotopic (exact) mass is 452 g/mol. The van der Waals surface area contributed by atoms with Crippen LogP contribution in [0.3, 0.4) is 0 Å². The molecule has 3 amide bonds. The highest BCUT2D eigenvalue weighted by Gasteiger charge is 2.13. The van der Waals surface area contributed by atoms with Crippen molar-refractivity contribution in [2.24, 2.45) is 7.05 Å². The first-order valence-corrected chi connectivity index (χ1v) is 10.0. The number of anilines is 1. The molecule has 10 heteroatoms. The molecule has 0 aliphatic rings. The largest absolute Gasteiger partial charge is 0.325 e. The number of thiophene rings is 1. The van der Waals surface area contributed by atoms with Gasteiger partial charge in [0.2, 0.25) is 5.91 Å². The van der Waals surface area contributed by atoms with Gasteiger partial charge in [-0.1, -0.05) is 27.7 Å². The number of halogens is 1. The lowest BCUT2D eigenvalue weighted by atomic mass is 10.3. The summed E-state index contributed by atoms with van der Waals surface area (Å²) in [6.45, 7) is 0. The quantitative estimate of drug-likeness (QED) is 0.468. The summed E-state index contributed by atoms with van der Waals surface area (Å²) < 4.78 is 2.28. The van der Waals surface area contributed by atoms with Crippen molar-refractivity contribution < 1.29 is 9.59 Å². The van der Waals surface area contributed by atoms with Crippen LogP contribution in [0.5, 0.6) is 0 Å². The number of thioether (sulfide) groups is 1. The summed E-state index contributed by atoms with van der Waals surface area (Å²) in [6.07, 6.45) is 0. The molecule has 0 radical (unpaired) electrons. The second-order valence-electron chi connectivity index (χ2n) is 5.20. The first-order chi connectivity index (χ1) is 12.4. The Labute approximate surface area is 164 Å². The highest BCUT2D eigenvalue weighted by molar-refractivity contribution is 9.10. The van der Waals surface area contributed by atoms with Crippen molar-refractivity contribution in [3.05, 3.63) is 50.5 Å². The number of urea groups is 1. The van der Waals surface area contributed by atoms with Crippen molar-refractivity contribution in [3.63, 3.8) is 0 Å². The molecule has 0 spiro atoms. The van der Waals surface area contributed by atoms with E-state index in [0.717, 1.165) is 16.2 Å². The molecule has 0 aliphatic carbocycles. The lowest BCUT2D eigenvalue weighted by molar-refractivity contribution is -0.117. The third-order valence-electron chi connectivity index (χ3n) is 3.35. The molecule has 7 nitrogen and oxygen atoms in total. The van der Waals surface area contributed by atoms with Gasteiger partial charge in [0.1, 0.15) is 4.83 Å². The minimum Gasteiger partial charge on any atom is -0.308 e. The third-order valence-corrected chi connectivity index (χ3v) is 5.72. The highest BCUT2D eigenvalue weighted by atomic mass is 79.9. The molecular formula is C16H13BrN4O3S2. The van der Waals surface area contributed by atoms with E-state index in [1.54, 1.807) is 42.8 Å². The molecule has 3 aromatic rings. The molecule has 2 aromatic heterocycles. The summed E-state index contributed by atoms with van der Waals surface area (Å²) in [5, 5.41) is 7.59. The molecule has 0 unspecified atom stereocenters. The van der Waals surface area contributed by atoms with Gasteiger partial charge in [-0.2, -0.15) is 0 Å². The van der Waals surface area contributed by atoms with Crippen molar-refractivity contribution in [1.82, 2.24) is 14.9 Å². The summed E-state index contributed by atoms with van der Waals surface area (Å²) in [6, 6.07) is 8.08.